The number of methoxy groups -OCH3 is 2. The van der Waals surface area contributed by atoms with E-state index < -0.39 is 10.0 Å². The van der Waals surface area contributed by atoms with Gasteiger partial charge in [-0.15, -0.1) is 0 Å². The maximum absolute atomic E-state index is 13.7. The Bertz CT molecular complexity index is 1290. The molecule has 0 spiro atoms. The van der Waals surface area contributed by atoms with Crippen molar-refractivity contribution in [2.75, 3.05) is 33.9 Å². The summed E-state index contributed by atoms with van der Waals surface area (Å²) < 4.78 is 44.7. The first-order valence-corrected chi connectivity index (χ1v) is 14.2. The summed E-state index contributed by atoms with van der Waals surface area (Å²) in [5, 5.41) is 0. The van der Waals surface area contributed by atoms with Gasteiger partial charge in [-0.05, 0) is 67.6 Å². The number of benzene rings is 2. The molecular formula is C29H38N2O6S. The molecule has 0 aliphatic rings. The predicted molar refractivity (Wildman–Crippen MR) is 147 cm³/mol. The third-order valence-corrected chi connectivity index (χ3v) is 8.12. The number of sulfonamides is 1. The van der Waals surface area contributed by atoms with Crippen LogP contribution in [0.3, 0.4) is 0 Å². The van der Waals surface area contributed by atoms with Crippen LogP contribution < -0.4 is 9.47 Å². The molecule has 1 heterocycles. The summed E-state index contributed by atoms with van der Waals surface area (Å²) in [4.78, 5) is 15.5. The van der Waals surface area contributed by atoms with E-state index in [1.165, 1.54) is 4.31 Å². The second-order valence-electron chi connectivity index (χ2n) is 9.60. The Kier molecular flexibility index (Phi) is 10.4. The van der Waals surface area contributed by atoms with Gasteiger partial charge in [-0.1, -0.05) is 38.1 Å². The highest BCUT2D eigenvalue weighted by Gasteiger charge is 2.29. The molecule has 0 saturated carbocycles. The van der Waals surface area contributed by atoms with Crippen molar-refractivity contribution in [3.05, 3.63) is 77.7 Å². The van der Waals surface area contributed by atoms with Crippen LogP contribution in [-0.4, -0.2) is 57.4 Å². The highest BCUT2D eigenvalue weighted by atomic mass is 32.2. The molecule has 2 aromatic carbocycles. The van der Waals surface area contributed by atoms with E-state index >= 15 is 0 Å². The first-order chi connectivity index (χ1) is 18.1. The summed E-state index contributed by atoms with van der Waals surface area (Å²) in [6.45, 7) is 6.52. The maximum atomic E-state index is 13.7. The molecule has 1 amide bonds. The second kappa shape index (κ2) is 13.5. The van der Waals surface area contributed by atoms with Gasteiger partial charge < -0.3 is 18.8 Å². The van der Waals surface area contributed by atoms with Crippen molar-refractivity contribution >= 4 is 15.9 Å². The highest BCUT2D eigenvalue weighted by molar-refractivity contribution is 7.89. The zero-order chi connectivity index (χ0) is 27.7. The monoisotopic (exact) mass is 542 g/mol. The van der Waals surface area contributed by atoms with Crippen LogP contribution in [0, 0.1) is 12.8 Å². The van der Waals surface area contributed by atoms with Crippen molar-refractivity contribution in [3.63, 3.8) is 0 Å². The van der Waals surface area contributed by atoms with E-state index in [1.54, 1.807) is 49.5 Å². The summed E-state index contributed by atoms with van der Waals surface area (Å²) in [6, 6.07) is 17.6. The molecule has 3 aromatic rings. The third-order valence-electron chi connectivity index (χ3n) is 6.26. The molecular weight excluding hydrogens is 504 g/mol. The van der Waals surface area contributed by atoms with Crippen LogP contribution in [-0.2, 0) is 27.8 Å². The minimum absolute atomic E-state index is 0.176. The van der Waals surface area contributed by atoms with E-state index in [1.807, 2.05) is 51.1 Å². The quantitative estimate of drug-likeness (QED) is 0.288. The molecule has 206 valence electrons. The SMILES string of the molecule is COc1ccc(CCN(Cc2ccc(C)o2)C(=O)CN(CCC(C)C)S(=O)(=O)c2ccccc2)cc1OC. The molecule has 0 fully saturated rings. The first kappa shape index (κ1) is 29.3. The zero-order valence-corrected chi connectivity index (χ0v) is 23.7. The predicted octanol–water partition coefficient (Wildman–Crippen LogP) is 4.91. The van der Waals surface area contributed by atoms with E-state index in [0.29, 0.717) is 36.6 Å². The zero-order valence-electron chi connectivity index (χ0n) is 22.8. The molecule has 0 saturated heterocycles. The first-order valence-electron chi connectivity index (χ1n) is 12.7. The number of ether oxygens (including phenoxy) is 2. The molecule has 0 bridgehead atoms. The fourth-order valence-corrected chi connectivity index (χ4v) is 5.45. The molecule has 0 radical (unpaired) electrons. The summed E-state index contributed by atoms with van der Waals surface area (Å²) in [6.07, 6.45) is 1.19. The Hall–Kier alpha value is -3.30. The topological polar surface area (TPSA) is 89.3 Å². The summed E-state index contributed by atoms with van der Waals surface area (Å²) in [5.41, 5.74) is 0.963. The van der Waals surface area contributed by atoms with Crippen molar-refractivity contribution in [1.82, 2.24) is 9.21 Å². The minimum Gasteiger partial charge on any atom is -0.493 e. The standard InChI is InChI=1S/C29H38N2O6S/c1-22(2)15-18-31(38(33,34)26-9-7-6-8-10-26)21-29(32)30(20-25-13-11-23(3)37-25)17-16-24-12-14-27(35-4)28(19-24)36-5/h6-14,19,22H,15-18,20-21H2,1-5H3. The van der Waals surface area contributed by atoms with E-state index in [0.717, 1.165) is 11.3 Å². The van der Waals surface area contributed by atoms with E-state index in [-0.39, 0.29) is 36.4 Å². The summed E-state index contributed by atoms with van der Waals surface area (Å²) in [7, 11) is -0.686. The Labute approximate surface area is 226 Å². The van der Waals surface area contributed by atoms with Crippen molar-refractivity contribution in [1.29, 1.82) is 0 Å². The number of aryl methyl sites for hydroxylation is 1. The van der Waals surface area contributed by atoms with E-state index in [2.05, 4.69) is 0 Å². The molecule has 3 rings (SSSR count). The Morgan fingerprint density at radius 1 is 0.947 bits per heavy atom. The van der Waals surface area contributed by atoms with Gasteiger partial charge in [0.05, 0.1) is 32.2 Å². The van der Waals surface area contributed by atoms with Crippen molar-refractivity contribution in [2.45, 2.75) is 45.1 Å². The molecule has 38 heavy (non-hydrogen) atoms. The van der Waals surface area contributed by atoms with Gasteiger partial charge in [-0.3, -0.25) is 4.79 Å². The number of carbonyl (C=O) groups is 1. The van der Waals surface area contributed by atoms with Gasteiger partial charge in [0.1, 0.15) is 11.5 Å². The summed E-state index contributed by atoms with van der Waals surface area (Å²) >= 11 is 0. The fraction of sp³-hybridized carbons (Fsp3) is 0.414. The molecule has 0 aliphatic carbocycles. The van der Waals surface area contributed by atoms with Crippen LogP contribution in [0.25, 0.3) is 0 Å². The van der Waals surface area contributed by atoms with Gasteiger partial charge >= 0.3 is 0 Å². The number of rotatable bonds is 14. The number of hydrogen-bond donors (Lipinski definition) is 0. The minimum atomic E-state index is -3.85. The molecule has 1 aromatic heterocycles. The molecule has 8 nitrogen and oxygen atoms in total. The molecule has 0 atom stereocenters. The van der Waals surface area contributed by atoms with Crippen LogP contribution in [0.4, 0.5) is 0 Å². The fourth-order valence-electron chi connectivity index (χ4n) is 4.03. The third kappa shape index (κ3) is 7.85. The van der Waals surface area contributed by atoms with Crippen molar-refractivity contribution in [3.8, 4) is 11.5 Å². The largest absolute Gasteiger partial charge is 0.493 e. The lowest BCUT2D eigenvalue weighted by Gasteiger charge is -2.27. The van der Waals surface area contributed by atoms with Crippen LogP contribution in [0.5, 0.6) is 11.5 Å². The number of hydrogen-bond acceptors (Lipinski definition) is 6. The lowest BCUT2D eigenvalue weighted by Crippen LogP contribution is -2.43. The van der Waals surface area contributed by atoms with Crippen molar-refractivity contribution in [2.24, 2.45) is 5.92 Å². The van der Waals surface area contributed by atoms with Gasteiger partial charge in [0.25, 0.3) is 0 Å². The van der Waals surface area contributed by atoms with Crippen LogP contribution in [0.15, 0.2) is 70.0 Å². The highest BCUT2D eigenvalue weighted by Crippen LogP contribution is 2.28. The number of furan rings is 1. The molecule has 9 heteroatoms. The number of nitrogens with zero attached hydrogens (tertiary/aromatic N) is 2. The Morgan fingerprint density at radius 3 is 2.26 bits per heavy atom. The van der Waals surface area contributed by atoms with E-state index in [9.17, 15) is 13.2 Å². The van der Waals surface area contributed by atoms with Crippen molar-refractivity contribution < 1.29 is 27.1 Å². The van der Waals surface area contributed by atoms with Gasteiger partial charge in [-0.2, -0.15) is 4.31 Å². The van der Waals surface area contributed by atoms with E-state index in [4.69, 9.17) is 13.9 Å². The molecule has 0 unspecified atom stereocenters. The number of carbonyl (C=O) groups excluding carboxylic acids is 1. The average Bonchev–Trinajstić information content (AvgIpc) is 3.33. The van der Waals surface area contributed by atoms with Crippen LogP contribution >= 0.6 is 0 Å². The Morgan fingerprint density at radius 2 is 1.66 bits per heavy atom. The smallest absolute Gasteiger partial charge is 0.243 e. The van der Waals surface area contributed by atoms with Gasteiger partial charge in [0.2, 0.25) is 15.9 Å². The molecule has 0 N–H and O–H groups in total. The second-order valence-corrected chi connectivity index (χ2v) is 11.5. The van der Waals surface area contributed by atoms with Gasteiger partial charge in [0, 0.05) is 13.1 Å². The average molecular weight is 543 g/mol. The van der Waals surface area contributed by atoms with Gasteiger partial charge in [0.15, 0.2) is 11.5 Å². The Balaban J connectivity index is 1.84. The molecule has 0 aliphatic heterocycles. The lowest BCUT2D eigenvalue weighted by molar-refractivity contribution is -0.132. The van der Waals surface area contributed by atoms with Gasteiger partial charge in [-0.25, -0.2) is 8.42 Å². The normalized spacial score (nSPS) is 11.7. The number of amides is 1. The lowest BCUT2D eigenvalue weighted by atomic mass is 10.1. The van der Waals surface area contributed by atoms with Crippen LogP contribution in [0.2, 0.25) is 0 Å². The van der Waals surface area contributed by atoms with Crippen LogP contribution in [0.1, 0.15) is 37.4 Å². The maximum Gasteiger partial charge on any atom is 0.243 e. The summed E-state index contributed by atoms with van der Waals surface area (Å²) in [5.74, 6) is 2.62.